The van der Waals surface area contributed by atoms with Crippen LogP contribution in [0.2, 0.25) is 0 Å². The lowest BCUT2D eigenvalue weighted by atomic mass is 10.0. The molecule has 1 N–H and O–H groups in total. The van der Waals surface area contributed by atoms with Crippen LogP contribution in [-0.2, 0) is 11.2 Å². The number of nitrogens with zero attached hydrogens (tertiary/aromatic N) is 3. The summed E-state index contributed by atoms with van der Waals surface area (Å²) in [6, 6.07) is 12.2. The highest BCUT2D eigenvalue weighted by Crippen LogP contribution is 2.29. The second-order valence-electron chi connectivity index (χ2n) is 7.26. The zero-order valence-electron chi connectivity index (χ0n) is 16.0. The smallest absolute Gasteiger partial charge is 0.270 e. The van der Waals surface area contributed by atoms with E-state index in [1.807, 2.05) is 29.9 Å². The quantitative estimate of drug-likeness (QED) is 0.553. The van der Waals surface area contributed by atoms with Crippen molar-refractivity contribution in [3.05, 3.63) is 76.6 Å². The Kier molecular flexibility index (Phi) is 4.61. The third-order valence-corrected chi connectivity index (χ3v) is 6.25. The third-order valence-electron chi connectivity index (χ3n) is 5.08. The van der Waals surface area contributed by atoms with Crippen LogP contribution in [0.4, 0.5) is 0 Å². The van der Waals surface area contributed by atoms with Gasteiger partial charge in [0.15, 0.2) is 0 Å². The van der Waals surface area contributed by atoms with Gasteiger partial charge in [-0.15, -0.1) is 11.3 Å². The van der Waals surface area contributed by atoms with E-state index in [2.05, 4.69) is 45.0 Å². The minimum Gasteiger partial charge on any atom is -0.377 e. The van der Waals surface area contributed by atoms with E-state index < -0.39 is 0 Å². The van der Waals surface area contributed by atoms with Crippen molar-refractivity contribution in [3.8, 4) is 5.69 Å². The van der Waals surface area contributed by atoms with Gasteiger partial charge in [0.25, 0.3) is 5.91 Å². The Hall–Kier alpha value is -3.03. The topological polar surface area (TPSA) is 69.0 Å². The maximum atomic E-state index is 12.7. The molecular formula is C22H20N4O2S. The molecule has 1 aliphatic rings. The Balaban J connectivity index is 1.46. The van der Waals surface area contributed by atoms with Crippen molar-refractivity contribution in [1.29, 1.82) is 0 Å². The number of nitrogens with one attached hydrogen (secondary N) is 1. The highest BCUT2D eigenvalue weighted by Gasteiger charge is 2.23. The minimum atomic E-state index is -0.138. The van der Waals surface area contributed by atoms with E-state index in [1.165, 1.54) is 5.56 Å². The molecule has 0 atom stereocenters. The summed E-state index contributed by atoms with van der Waals surface area (Å²) in [6.07, 6.45) is 4.43. The second-order valence-corrected chi connectivity index (χ2v) is 8.14. The lowest BCUT2D eigenvalue weighted by Crippen LogP contribution is -2.48. The molecule has 1 aliphatic heterocycles. The number of fused-ring (bicyclic) bond motifs is 1. The molecule has 0 unspecified atom stereocenters. The van der Waals surface area contributed by atoms with E-state index in [9.17, 15) is 4.79 Å². The first kappa shape index (κ1) is 18.0. The Labute approximate surface area is 172 Å². The van der Waals surface area contributed by atoms with Gasteiger partial charge in [-0.1, -0.05) is 12.1 Å². The van der Waals surface area contributed by atoms with E-state index >= 15 is 0 Å². The van der Waals surface area contributed by atoms with Crippen molar-refractivity contribution in [3.63, 3.8) is 0 Å². The van der Waals surface area contributed by atoms with Crippen LogP contribution >= 0.6 is 11.3 Å². The maximum absolute atomic E-state index is 12.7. The number of rotatable bonds is 5. The molecule has 0 spiro atoms. The van der Waals surface area contributed by atoms with E-state index in [0.717, 1.165) is 33.5 Å². The summed E-state index contributed by atoms with van der Waals surface area (Å²) < 4.78 is 8.13. The predicted molar refractivity (Wildman–Crippen MR) is 113 cm³/mol. The zero-order valence-corrected chi connectivity index (χ0v) is 16.8. The number of hydrogen-bond acceptors (Lipinski definition) is 5. The number of carbonyl (C=O) groups excluding carboxylic acids is 1. The maximum Gasteiger partial charge on any atom is 0.270 e. The molecule has 0 aliphatic carbocycles. The Bertz CT molecular complexity index is 1160. The molecule has 146 valence electrons. The number of benzene rings is 1. The van der Waals surface area contributed by atoms with Crippen LogP contribution in [-0.4, -0.2) is 39.9 Å². The summed E-state index contributed by atoms with van der Waals surface area (Å²) in [5, 5.41) is 9.36. The number of thiophene rings is 1. The molecule has 4 heterocycles. The summed E-state index contributed by atoms with van der Waals surface area (Å²) in [4.78, 5) is 17.3. The van der Waals surface area contributed by atoms with Gasteiger partial charge in [-0.25, -0.2) is 9.67 Å². The molecular weight excluding hydrogens is 384 g/mol. The average molecular weight is 404 g/mol. The van der Waals surface area contributed by atoms with E-state index in [1.54, 1.807) is 17.5 Å². The van der Waals surface area contributed by atoms with Crippen LogP contribution in [0.25, 0.3) is 15.9 Å². The molecule has 4 aromatic rings. The molecule has 0 radical (unpaired) electrons. The van der Waals surface area contributed by atoms with Crippen molar-refractivity contribution in [2.45, 2.75) is 19.4 Å². The summed E-state index contributed by atoms with van der Waals surface area (Å²) in [6.45, 7) is 3.18. The van der Waals surface area contributed by atoms with Crippen LogP contribution in [0.1, 0.15) is 27.2 Å². The number of hydrogen-bond donors (Lipinski definition) is 1. The molecule has 1 saturated heterocycles. The molecule has 1 aromatic carbocycles. The zero-order chi connectivity index (χ0) is 19.8. The molecule has 1 amide bonds. The van der Waals surface area contributed by atoms with Crippen LogP contribution < -0.4 is 5.32 Å². The lowest BCUT2D eigenvalue weighted by Gasteiger charge is -2.26. The Morgan fingerprint density at radius 1 is 1.31 bits per heavy atom. The van der Waals surface area contributed by atoms with Gasteiger partial charge in [-0.2, -0.15) is 5.10 Å². The monoisotopic (exact) mass is 404 g/mol. The van der Waals surface area contributed by atoms with Gasteiger partial charge in [0.2, 0.25) is 0 Å². The third kappa shape index (κ3) is 3.54. The molecule has 1 fully saturated rings. The van der Waals surface area contributed by atoms with Gasteiger partial charge in [-0.3, -0.25) is 4.79 Å². The fraction of sp³-hybridized carbons (Fsp3) is 0.227. The van der Waals surface area contributed by atoms with E-state index in [-0.39, 0.29) is 11.9 Å². The van der Waals surface area contributed by atoms with Gasteiger partial charge in [0.05, 0.1) is 35.2 Å². The number of pyridine rings is 1. The van der Waals surface area contributed by atoms with Crippen molar-refractivity contribution in [2.24, 2.45) is 0 Å². The molecule has 3 aromatic heterocycles. The van der Waals surface area contributed by atoms with Gasteiger partial charge in [0.1, 0.15) is 5.69 Å². The van der Waals surface area contributed by atoms with Gasteiger partial charge >= 0.3 is 0 Å². The molecule has 5 rings (SSSR count). The number of amides is 1. The largest absolute Gasteiger partial charge is 0.377 e. The van der Waals surface area contributed by atoms with Crippen molar-refractivity contribution in [2.75, 3.05) is 13.2 Å². The first-order valence-electron chi connectivity index (χ1n) is 9.52. The molecule has 6 nitrogen and oxygen atoms in total. The van der Waals surface area contributed by atoms with Crippen LogP contribution in [0.15, 0.2) is 54.2 Å². The van der Waals surface area contributed by atoms with Crippen molar-refractivity contribution >= 4 is 27.5 Å². The highest BCUT2D eigenvalue weighted by molar-refractivity contribution is 7.17. The second kappa shape index (κ2) is 7.42. The molecule has 7 heteroatoms. The van der Waals surface area contributed by atoms with Gasteiger partial charge in [0, 0.05) is 12.4 Å². The average Bonchev–Trinajstić information content (AvgIpc) is 3.36. The predicted octanol–water partition coefficient (Wildman–Crippen LogP) is 3.51. The summed E-state index contributed by atoms with van der Waals surface area (Å²) in [5.41, 5.74) is 5.80. The molecule has 0 bridgehead atoms. The fourth-order valence-electron chi connectivity index (χ4n) is 3.42. The number of ether oxygens (including phenoxy) is 1. The first-order valence-corrected chi connectivity index (χ1v) is 10.4. The number of aryl methyl sites for hydroxylation is 1. The summed E-state index contributed by atoms with van der Waals surface area (Å²) in [5.74, 6) is -0.138. The van der Waals surface area contributed by atoms with E-state index in [4.69, 9.17) is 4.74 Å². The highest BCUT2D eigenvalue weighted by atomic mass is 32.1. The van der Waals surface area contributed by atoms with Gasteiger partial charge < -0.3 is 10.1 Å². The van der Waals surface area contributed by atoms with Crippen molar-refractivity contribution < 1.29 is 9.53 Å². The number of aromatic nitrogens is 3. The summed E-state index contributed by atoms with van der Waals surface area (Å²) >= 11 is 1.68. The SMILES string of the molecule is Cc1csc2c(Cc3ccc(-n4cccn4)cc3)cc(C(=O)NC3COC3)nc12. The summed E-state index contributed by atoms with van der Waals surface area (Å²) in [7, 11) is 0. The normalized spacial score (nSPS) is 14.1. The van der Waals surface area contributed by atoms with Crippen LogP contribution in [0.3, 0.4) is 0 Å². The van der Waals surface area contributed by atoms with Crippen LogP contribution in [0.5, 0.6) is 0 Å². The first-order chi connectivity index (χ1) is 14.2. The standard InChI is InChI=1S/C22H20N4O2S/c1-14-13-29-21-16(9-15-3-5-18(6-4-15)26-8-2-7-23-26)10-19(25-20(14)21)22(27)24-17-11-28-12-17/h2-8,10,13,17H,9,11-12H2,1H3,(H,24,27). The minimum absolute atomic E-state index is 0.0851. The Morgan fingerprint density at radius 3 is 2.83 bits per heavy atom. The van der Waals surface area contributed by atoms with Gasteiger partial charge in [-0.05, 0) is 59.7 Å². The van der Waals surface area contributed by atoms with Crippen LogP contribution in [0, 0.1) is 6.92 Å². The van der Waals surface area contributed by atoms with Crippen molar-refractivity contribution in [1.82, 2.24) is 20.1 Å². The van der Waals surface area contributed by atoms with E-state index in [0.29, 0.717) is 18.9 Å². The molecule has 29 heavy (non-hydrogen) atoms. The molecule has 0 saturated carbocycles. The Morgan fingerprint density at radius 2 is 2.14 bits per heavy atom. The number of carbonyl (C=O) groups is 1. The fourth-order valence-corrected chi connectivity index (χ4v) is 4.43. The lowest BCUT2D eigenvalue weighted by molar-refractivity contribution is -0.00354.